The molecule has 3 amide bonds. The lowest BCUT2D eigenvalue weighted by atomic mass is 10.1. The third-order valence-corrected chi connectivity index (χ3v) is 3.83. The van der Waals surface area contributed by atoms with Crippen molar-refractivity contribution in [1.29, 1.82) is 0 Å². The molecule has 0 saturated carbocycles. The Morgan fingerprint density at radius 3 is 2.33 bits per heavy atom. The number of rotatable bonds is 3. The van der Waals surface area contributed by atoms with E-state index in [-0.39, 0.29) is 11.1 Å². The summed E-state index contributed by atoms with van der Waals surface area (Å²) in [6, 6.07) is 4.54. The molecule has 0 aliphatic carbocycles. The predicted octanol–water partition coefficient (Wildman–Crippen LogP) is 2.83. The summed E-state index contributed by atoms with van der Waals surface area (Å²) in [6.07, 6.45) is 0. The first-order valence-electron chi connectivity index (χ1n) is 6.02. The van der Waals surface area contributed by atoms with Crippen molar-refractivity contribution < 1.29 is 19.5 Å². The molecule has 0 bridgehead atoms. The number of hydrogen-bond acceptors (Lipinski definition) is 3. The van der Waals surface area contributed by atoms with Gasteiger partial charge in [0.2, 0.25) is 0 Å². The summed E-state index contributed by atoms with van der Waals surface area (Å²) in [5.74, 6) is -1.95. The average Bonchev–Trinajstić information content (AvgIpc) is 2.41. The van der Waals surface area contributed by atoms with E-state index in [0.717, 1.165) is 10.0 Å². The smallest absolute Gasteiger partial charge is 0.331 e. The minimum atomic E-state index is -1.20. The molecule has 1 rings (SSSR count). The fraction of sp³-hybridized carbons (Fsp3) is 0.214. The fourth-order valence-electron chi connectivity index (χ4n) is 1.42. The van der Waals surface area contributed by atoms with Crippen LogP contribution < -0.4 is 10.6 Å². The molecule has 0 aromatic heterocycles. The normalized spacial score (nSPS) is 11.4. The molecular formula is C14H15BrN2O4. The minimum absolute atomic E-state index is 0.0244. The standard InChI is InChI=1S/C14H15BrN2O4/c1-7(8(2)13(19)20)12(18)17-14(21)16-11-6-4-5-10(15)9(11)3/h4-6H,1-3H3,(H,19,20)(H2,16,17,18,21)/b8-7+. The Labute approximate surface area is 130 Å². The van der Waals surface area contributed by atoms with Gasteiger partial charge in [0, 0.05) is 21.3 Å². The van der Waals surface area contributed by atoms with E-state index in [1.54, 1.807) is 19.1 Å². The number of imide groups is 1. The second-order valence-corrected chi connectivity index (χ2v) is 5.23. The van der Waals surface area contributed by atoms with Crippen molar-refractivity contribution in [3.8, 4) is 0 Å². The maximum atomic E-state index is 11.8. The van der Waals surface area contributed by atoms with Crippen molar-refractivity contribution in [2.24, 2.45) is 0 Å². The Bertz CT molecular complexity index is 638. The number of carbonyl (C=O) groups is 3. The van der Waals surface area contributed by atoms with Crippen LogP contribution in [0.4, 0.5) is 10.5 Å². The highest BCUT2D eigenvalue weighted by atomic mass is 79.9. The number of carboxylic acids is 1. The molecule has 0 saturated heterocycles. The molecule has 0 heterocycles. The molecule has 0 fully saturated rings. The lowest BCUT2D eigenvalue weighted by Gasteiger charge is -2.10. The summed E-state index contributed by atoms with van der Waals surface area (Å²) in [4.78, 5) is 34.3. The maximum Gasteiger partial charge on any atom is 0.331 e. The molecule has 0 aliphatic heterocycles. The molecule has 1 aromatic rings. The predicted molar refractivity (Wildman–Crippen MR) is 82.1 cm³/mol. The van der Waals surface area contributed by atoms with E-state index in [1.807, 2.05) is 6.07 Å². The van der Waals surface area contributed by atoms with Crippen molar-refractivity contribution in [2.45, 2.75) is 20.8 Å². The van der Waals surface area contributed by atoms with Crippen LogP contribution in [0.3, 0.4) is 0 Å². The number of nitrogens with one attached hydrogen (secondary N) is 2. The molecule has 6 nitrogen and oxygen atoms in total. The molecule has 3 N–H and O–H groups in total. The number of carbonyl (C=O) groups excluding carboxylic acids is 2. The monoisotopic (exact) mass is 354 g/mol. The Morgan fingerprint density at radius 2 is 1.76 bits per heavy atom. The van der Waals surface area contributed by atoms with Crippen molar-refractivity contribution in [1.82, 2.24) is 5.32 Å². The minimum Gasteiger partial charge on any atom is -0.478 e. The Morgan fingerprint density at radius 1 is 1.14 bits per heavy atom. The molecule has 0 spiro atoms. The maximum absolute atomic E-state index is 11.8. The number of hydrogen-bond donors (Lipinski definition) is 3. The van der Waals surface area contributed by atoms with Gasteiger partial charge in [-0.1, -0.05) is 22.0 Å². The second kappa shape index (κ2) is 7.03. The number of amides is 3. The van der Waals surface area contributed by atoms with E-state index in [9.17, 15) is 14.4 Å². The van der Waals surface area contributed by atoms with Gasteiger partial charge < -0.3 is 10.4 Å². The Balaban J connectivity index is 2.79. The van der Waals surface area contributed by atoms with Gasteiger partial charge >= 0.3 is 12.0 Å². The number of aliphatic carboxylic acids is 1. The Kier molecular flexibility index (Phi) is 5.66. The van der Waals surface area contributed by atoms with E-state index in [2.05, 4.69) is 26.6 Å². The summed E-state index contributed by atoms with van der Waals surface area (Å²) in [5.41, 5.74) is 1.22. The number of benzene rings is 1. The topological polar surface area (TPSA) is 95.5 Å². The molecule has 7 heteroatoms. The van der Waals surface area contributed by atoms with Gasteiger partial charge in [0.15, 0.2) is 0 Å². The fourth-order valence-corrected chi connectivity index (χ4v) is 1.79. The molecule has 0 radical (unpaired) electrons. The third kappa shape index (κ3) is 4.42. The summed E-state index contributed by atoms with van der Waals surface area (Å²) >= 11 is 3.33. The highest BCUT2D eigenvalue weighted by Gasteiger charge is 2.15. The van der Waals surface area contributed by atoms with Gasteiger partial charge in [0.25, 0.3) is 5.91 Å². The number of urea groups is 1. The molecule has 21 heavy (non-hydrogen) atoms. The summed E-state index contributed by atoms with van der Waals surface area (Å²) in [6.45, 7) is 4.45. The van der Waals surface area contributed by atoms with Gasteiger partial charge in [-0.2, -0.15) is 0 Å². The van der Waals surface area contributed by atoms with E-state index in [4.69, 9.17) is 5.11 Å². The van der Waals surface area contributed by atoms with Gasteiger partial charge in [-0.05, 0) is 38.5 Å². The van der Waals surface area contributed by atoms with E-state index < -0.39 is 17.9 Å². The molecule has 1 aromatic carbocycles. The zero-order valence-electron chi connectivity index (χ0n) is 11.8. The highest BCUT2D eigenvalue weighted by molar-refractivity contribution is 9.10. The average molecular weight is 355 g/mol. The van der Waals surface area contributed by atoms with E-state index in [0.29, 0.717) is 5.69 Å². The van der Waals surface area contributed by atoms with Gasteiger partial charge in [-0.25, -0.2) is 9.59 Å². The zero-order valence-corrected chi connectivity index (χ0v) is 13.4. The SMILES string of the molecule is C/C(C(=O)O)=C(/C)C(=O)NC(=O)Nc1cccc(Br)c1C. The van der Waals surface area contributed by atoms with Crippen LogP contribution in [-0.2, 0) is 9.59 Å². The van der Waals surface area contributed by atoms with E-state index >= 15 is 0 Å². The van der Waals surface area contributed by atoms with Gasteiger partial charge in [0.05, 0.1) is 0 Å². The van der Waals surface area contributed by atoms with Crippen LogP contribution in [0.15, 0.2) is 33.8 Å². The lowest BCUT2D eigenvalue weighted by molar-refractivity contribution is -0.133. The van der Waals surface area contributed by atoms with Crippen LogP contribution in [-0.4, -0.2) is 23.0 Å². The van der Waals surface area contributed by atoms with Crippen molar-refractivity contribution in [3.05, 3.63) is 39.4 Å². The lowest BCUT2D eigenvalue weighted by Crippen LogP contribution is -2.35. The first-order chi connectivity index (χ1) is 9.73. The molecule has 0 aliphatic rings. The molecular weight excluding hydrogens is 340 g/mol. The number of anilines is 1. The van der Waals surface area contributed by atoms with Crippen LogP contribution >= 0.6 is 15.9 Å². The van der Waals surface area contributed by atoms with Crippen LogP contribution in [0, 0.1) is 6.92 Å². The van der Waals surface area contributed by atoms with Gasteiger partial charge in [-0.15, -0.1) is 0 Å². The van der Waals surface area contributed by atoms with Gasteiger partial charge in [-0.3, -0.25) is 10.1 Å². The zero-order chi connectivity index (χ0) is 16.2. The van der Waals surface area contributed by atoms with Crippen LogP contribution in [0.1, 0.15) is 19.4 Å². The first-order valence-corrected chi connectivity index (χ1v) is 6.81. The van der Waals surface area contributed by atoms with Crippen molar-refractivity contribution in [2.75, 3.05) is 5.32 Å². The number of halogens is 1. The quantitative estimate of drug-likeness (QED) is 0.727. The molecule has 0 unspecified atom stereocenters. The van der Waals surface area contributed by atoms with Crippen LogP contribution in [0.2, 0.25) is 0 Å². The largest absolute Gasteiger partial charge is 0.478 e. The van der Waals surface area contributed by atoms with Gasteiger partial charge in [0.1, 0.15) is 0 Å². The van der Waals surface area contributed by atoms with Crippen LogP contribution in [0.25, 0.3) is 0 Å². The molecule has 112 valence electrons. The number of carboxylic acid groups (broad SMARTS) is 1. The molecule has 0 atom stereocenters. The van der Waals surface area contributed by atoms with Crippen molar-refractivity contribution in [3.63, 3.8) is 0 Å². The first kappa shape index (κ1) is 16.9. The van der Waals surface area contributed by atoms with Crippen LogP contribution in [0.5, 0.6) is 0 Å². The Hall–Kier alpha value is -2.15. The summed E-state index contributed by atoms with van der Waals surface area (Å²) < 4.78 is 0.824. The van der Waals surface area contributed by atoms with Crippen molar-refractivity contribution >= 4 is 39.5 Å². The summed E-state index contributed by atoms with van der Waals surface area (Å²) in [7, 11) is 0. The third-order valence-electron chi connectivity index (χ3n) is 2.97. The highest BCUT2D eigenvalue weighted by Crippen LogP contribution is 2.23. The van der Waals surface area contributed by atoms with E-state index in [1.165, 1.54) is 13.8 Å². The summed E-state index contributed by atoms with van der Waals surface area (Å²) in [5, 5.41) is 13.4. The second-order valence-electron chi connectivity index (χ2n) is 4.38.